The minimum Gasteiger partial charge on any atom is -0.379 e. The van der Waals surface area contributed by atoms with Crippen molar-refractivity contribution in [3.63, 3.8) is 0 Å². The highest BCUT2D eigenvalue weighted by atomic mass is 16.5. The Labute approximate surface area is 144 Å². The summed E-state index contributed by atoms with van der Waals surface area (Å²) in [5.41, 5.74) is 1.81. The lowest BCUT2D eigenvalue weighted by molar-refractivity contribution is 0.00697. The largest absolute Gasteiger partial charge is 0.379 e. The molecule has 7 heteroatoms. The van der Waals surface area contributed by atoms with Crippen LogP contribution in [0.3, 0.4) is 0 Å². The van der Waals surface area contributed by atoms with Crippen LogP contribution >= 0.6 is 0 Å². The highest BCUT2D eigenvalue weighted by molar-refractivity contribution is 5.73. The number of hydrogen-bond acceptors (Lipinski definition) is 5. The van der Waals surface area contributed by atoms with Gasteiger partial charge in [0.2, 0.25) is 0 Å². The molecule has 1 aliphatic heterocycles. The van der Waals surface area contributed by atoms with Crippen LogP contribution in [0, 0.1) is 19.8 Å². The van der Waals surface area contributed by atoms with Gasteiger partial charge in [0.15, 0.2) is 0 Å². The van der Waals surface area contributed by atoms with Crippen molar-refractivity contribution in [2.45, 2.75) is 40.3 Å². The highest BCUT2D eigenvalue weighted by Gasteiger charge is 2.25. The van der Waals surface area contributed by atoms with Gasteiger partial charge in [-0.15, -0.1) is 0 Å². The zero-order valence-corrected chi connectivity index (χ0v) is 15.5. The van der Waals surface area contributed by atoms with Gasteiger partial charge in [-0.3, -0.25) is 4.90 Å². The van der Waals surface area contributed by atoms with E-state index in [0.29, 0.717) is 25.0 Å². The van der Waals surface area contributed by atoms with Crippen molar-refractivity contribution < 1.29 is 14.1 Å². The fourth-order valence-electron chi connectivity index (χ4n) is 3.06. The summed E-state index contributed by atoms with van der Waals surface area (Å²) in [6, 6.07) is 0.249. The Morgan fingerprint density at radius 2 is 2.00 bits per heavy atom. The summed E-state index contributed by atoms with van der Waals surface area (Å²) < 4.78 is 10.6. The third-order valence-corrected chi connectivity index (χ3v) is 4.67. The van der Waals surface area contributed by atoms with E-state index in [1.54, 1.807) is 11.9 Å². The molecule has 0 radical (unpaired) electrons. The van der Waals surface area contributed by atoms with Gasteiger partial charge in [0.1, 0.15) is 5.76 Å². The first kappa shape index (κ1) is 18.7. The van der Waals surface area contributed by atoms with Crippen molar-refractivity contribution in [2.75, 3.05) is 39.9 Å². The molecule has 1 atom stereocenters. The second kappa shape index (κ2) is 8.48. The number of ether oxygens (including phenoxy) is 1. The van der Waals surface area contributed by atoms with Crippen molar-refractivity contribution >= 4 is 6.03 Å². The van der Waals surface area contributed by atoms with Gasteiger partial charge in [-0.2, -0.15) is 0 Å². The molecule has 1 saturated heterocycles. The van der Waals surface area contributed by atoms with Crippen LogP contribution in [0.25, 0.3) is 0 Å². The number of amides is 2. The normalized spacial score (nSPS) is 17.1. The Hall–Kier alpha value is -1.60. The number of rotatable bonds is 6. The van der Waals surface area contributed by atoms with Crippen molar-refractivity contribution in [1.29, 1.82) is 0 Å². The Kier molecular flexibility index (Phi) is 6.62. The summed E-state index contributed by atoms with van der Waals surface area (Å²) >= 11 is 0. The number of nitrogens with zero attached hydrogens (tertiary/aromatic N) is 3. The molecule has 7 nitrogen and oxygen atoms in total. The first-order valence-corrected chi connectivity index (χ1v) is 8.62. The highest BCUT2D eigenvalue weighted by Crippen LogP contribution is 2.15. The fourth-order valence-corrected chi connectivity index (χ4v) is 3.06. The predicted molar refractivity (Wildman–Crippen MR) is 91.9 cm³/mol. The summed E-state index contributed by atoms with van der Waals surface area (Å²) in [6.07, 6.45) is 0. The fraction of sp³-hybridized carbons (Fsp3) is 0.765. The minimum absolute atomic E-state index is 0.0751. The van der Waals surface area contributed by atoms with Gasteiger partial charge in [0.25, 0.3) is 0 Å². The molecular weight excluding hydrogens is 308 g/mol. The summed E-state index contributed by atoms with van der Waals surface area (Å²) in [4.78, 5) is 16.5. The van der Waals surface area contributed by atoms with E-state index < -0.39 is 0 Å². The van der Waals surface area contributed by atoms with Crippen LogP contribution in [-0.2, 0) is 11.3 Å². The molecule has 1 aromatic heterocycles. The second-order valence-corrected chi connectivity index (χ2v) is 6.80. The van der Waals surface area contributed by atoms with E-state index in [0.717, 1.165) is 43.3 Å². The molecule has 0 saturated carbocycles. The Bertz CT molecular complexity index is 518. The summed E-state index contributed by atoms with van der Waals surface area (Å²) in [6.45, 7) is 12.7. The van der Waals surface area contributed by atoms with E-state index in [1.807, 2.05) is 13.8 Å². The molecule has 0 spiro atoms. The predicted octanol–water partition coefficient (Wildman–Crippen LogP) is 1.79. The van der Waals surface area contributed by atoms with Crippen LogP contribution in [0.2, 0.25) is 0 Å². The van der Waals surface area contributed by atoms with Gasteiger partial charge in [-0.05, 0) is 19.8 Å². The second-order valence-electron chi connectivity index (χ2n) is 6.80. The standard InChI is InChI=1S/C17H30N4O3/c1-12(2)16(21-6-8-23-9-7-21)10-18-17(22)20(5)11-15-13(3)19-24-14(15)4/h12,16H,6-11H2,1-5H3,(H,18,22)/t16-/m1/s1. The number of hydrogen-bond donors (Lipinski definition) is 1. The Balaban J connectivity index is 1.88. The number of morpholine rings is 1. The van der Waals surface area contributed by atoms with E-state index in [4.69, 9.17) is 9.26 Å². The van der Waals surface area contributed by atoms with Crippen molar-refractivity contribution in [3.05, 3.63) is 17.0 Å². The Morgan fingerprint density at radius 1 is 1.33 bits per heavy atom. The lowest BCUT2D eigenvalue weighted by atomic mass is 10.0. The van der Waals surface area contributed by atoms with E-state index >= 15 is 0 Å². The Morgan fingerprint density at radius 3 is 2.54 bits per heavy atom. The topological polar surface area (TPSA) is 70.8 Å². The first-order chi connectivity index (χ1) is 11.4. The van der Waals surface area contributed by atoms with E-state index in [9.17, 15) is 4.79 Å². The maximum Gasteiger partial charge on any atom is 0.317 e. The molecule has 0 aliphatic carbocycles. The van der Waals surface area contributed by atoms with Crippen LogP contribution in [-0.4, -0.2) is 66.9 Å². The molecule has 1 aliphatic rings. The molecule has 2 rings (SSSR count). The zero-order valence-electron chi connectivity index (χ0n) is 15.5. The van der Waals surface area contributed by atoms with Crippen LogP contribution in [0.15, 0.2) is 4.52 Å². The van der Waals surface area contributed by atoms with E-state index in [1.165, 1.54) is 0 Å². The smallest absolute Gasteiger partial charge is 0.317 e. The number of aryl methyl sites for hydroxylation is 2. The quantitative estimate of drug-likeness (QED) is 0.856. The lowest BCUT2D eigenvalue weighted by Gasteiger charge is -2.37. The molecule has 2 amide bonds. The minimum atomic E-state index is -0.0751. The molecule has 136 valence electrons. The van der Waals surface area contributed by atoms with Gasteiger partial charge in [-0.25, -0.2) is 4.79 Å². The van der Waals surface area contributed by atoms with Crippen molar-refractivity contribution in [3.8, 4) is 0 Å². The third-order valence-electron chi connectivity index (χ3n) is 4.67. The summed E-state index contributed by atoms with van der Waals surface area (Å²) in [5, 5.41) is 7.00. The van der Waals surface area contributed by atoms with Crippen LogP contribution in [0.1, 0.15) is 30.9 Å². The molecule has 1 fully saturated rings. The zero-order chi connectivity index (χ0) is 17.7. The van der Waals surface area contributed by atoms with Crippen LogP contribution in [0.5, 0.6) is 0 Å². The summed E-state index contributed by atoms with van der Waals surface area (Å²) in [5.74, 6) is 1.23. The van der Waals surface area contributed by atoms with Gasteiger partial charge >= 0.3 is 6.03 Å². The molecule has 1 aromatic rings. The van der Waals surface area contributed by atoms with Crippen molar-refractivity contribution in [1.82, 2.24) is 20.3 Å². The molecular formula is C17H30N4O3. The van der Waals surface area contributed by atoms with E-state index in [-0.39, 0.29) is 6.03 Å². The molecule has 0 aromatic carbocycles. The number of carbonyl (C=O) groups is 1. The number of nitrogens with one attached hydrogen (secondary N) is 1. The first-order valence-electron chi connectivity index (χ1n) is 8.62. The molecule has 0 bridgehead atoms. The summed E-state index contributed by atoms with van der Waals surface area (Å²) in [7, 11) is 1.79. The molecule has 24 heavy (non-hydrogen) atoms. The van der Waals surface area contributed by atoms with Gasteiger partial charge < -0.3 is 19.5 Å². The van der Waals surface area contributed by atoms with Gasteiger partial charge in [0.05, 0.1) is 25.5 Å². The average molecular weight is 338 g/mol. The molecule has 1 N–H and O–H groups in total. The molecule has 0 unspecified atom stereocenters. The maximum absolute atomic E-state index is 12.4. The number of carbonyl (C=O) groups excluding carboxylic acids is 1. The van der Waals surface area contributed by atoms with Gasteiger partial charge in [0, 0.05) is 38.3 Å². The number of aromatic nitrogens is 1. The lowest BCUT2D eigenvalue weighted by Crippen LogP contribution is -2.52. The van der Waals surface area contributed by atoms with Crippen LogP contribution in [0.4, 0.5) is 4.79 Å². The van der Waals surface area contributed by atoms with Crippen LogP contribution < -0.4 is 5.32 Å². The van der Waals surface area contributed by atoms with Gasteiger partial charge in [-0.1, -0.05) is 19.0 Å². The average Bonchev–Trinajstić information content (AvgIpc) is 2.87. The van der Waals surface area contributed by atoms with E-state index in [2.05, 4.69) is 29.2 Å². The SMILES string of the molecule is Cc1noc(C)c1CN(C)C(=O)NC[C@H](C(C)C)N1CCOCC1. The monoisotopic (exact) mass is 338 g/mol. The van der Waals surface area contributed by atoms with Crippen molar-refractivity contribution in [2.24, 2.45) is 5.92 Å². The third kappa shape index (κ3) is 4.70. The number of urea groups is 1. The maximum atomic E-state index is 12.4. The molecule has 2 heterocycles.